The molecule has 1 aliphatic heterocycles. The number of hydrogen-bond donors (Lipinski definition) is 2. The maximum Gasteiger partial charge on any atom is 0.341 e. The van der Waals surface area contributed by atoms with Gasteiger partial charge in [-0.05, 0) is 18.1 Å². The third kappa shape index (κ3) is 2.16. The van der Waals surface area contributed by atoms with Crippen molar-refractivity contribution in [3.63, 3.8) is 0 Å². The number of nitrogen functional groups attached to an aromatic ring is 1. The molecule has 1 aromatic carbocycles. The Morgan fingerprint density at radius 3 is 2.95 bits per heavy atom. The Labute approximate surface area is 115 Å². The number of benzene rings is 1. The van der Waals surface area contributed by atoms with Crippen LogP contribution in [0.1, 0.15) is 27.7 Å². The molecule has 0 fully saturated rings. The number of ether oxygens (including phenoxy) is 1. The van der Waals surface area contributed by atoms with Crippen molar-refractivity contribution in [2.75, 3.05) is 12.3 Å². The Hall–Kier alpha value is -2.63. The maximum absolute atomic E-state index is 10.9. The minimum absolute atomic E-state index is 0.0126. The van der Waals surface area contributed by atoms with Crippen LogP contribution in [-0.4, -0.2) is 27.7 Å². The number of carbonyl (C=O) groups is 1. The van der Waals surface area contributed by atoms with Gasteiger partial charge < -0.3 is 15.6 Å². The molecule has 0 saturated carbocycles. The molecule has 0 radical (unpaired) electrons. The molecule has 2 aromatic rings. The highest BCUT2D eigenvalue weighted by atomic mass is 16.5. The predicted octanol–water partition coefficient (Wildman–Crippen LogP) is 1.48. The van der Waals surface area contributed by atoms with Crippen molar-refractivity contribution < 1.29 is 14.6 Å². The van der Waals surface area contributed by atoms with Gasteiger partial charge in [-0.1, -0.05) is 18.2 Å². The molecule has 1 aromatic heterocycles. The second-order valence-electron chi connectivity index (χ2n) is 4.65. The second kappa shape index (κ2) is 4.80. The first-order valence-electron chi connectivity index (χ1n) is 6.21. The van der Waals surface area contributed by atoms with E-state index in [-0.39, 0.29) is 17.3 Å². The van der Waals surface area contributed by atoms with Gasteiger partial charge in [-0.3, -0.25) is 0 Å². The molecular formula is C14H13N3O3. The zero-order chi connectivity index (χ0) is 14.1. The summed E-state index contributed by atoms with van der Waals surface area (Å²) in [7, 11) is 0. The van der Waals surface area contributed by atoms with E-state index in [4.69, 9.17) is 15.6 Å². The fourth-order valence-corrected chi connectivity index (χ4v) is 2.26. The number of para-hydroxylation sites is 1. The Bertz CT molecular complexity index is 672. The quantitative estimate of drug-likeness (QED) is 0.858. The molecule has 6 heteroatoms. The van der Waals surface area contributed by atoms with E-state index in [2.05, 4.69) is 9.97 Å². The summed E-state index contributed by atoms with van der Waals surface area (Å²) in [5, 5.41) is 8.91. The highest BCUT2D eigenvalue weighted by molar-refractivity contribution is 5.92. The Morgan fingerprint density at radius 1 is 1.40 bits per heavy atom. The van der Waals surface area contributed by atoms with Crippen molar-refractivity contribution >= 4 is 11.8 Å². The highest BCUT2D eigenvalue weighted by Crippen LogP contribution is 2.31. The van der Waals surface area contributed by atoms with Crippen molar-refractivity contribution in [3.8, 4) is 5.75 Å². The third-order valence-electron chi connectivity index (χ3n) is 3.31. The minimum Gasteiger partial charge on any atom is -0.493 e. The standard InChI is InChI=1S/C14H13N3O3/c15-12-10(14(18)19)6-16-13(17-12)9-5-8-3-1-2-4-11(8)20-7-9/h1-4,6,9H,5,7H2,(H,18,19)(H2,15,16,17). The number of rotatable bonds is 2. The Morgan fingerprint density at radius 2 is 2.20 bits per heavy atom. The first kappa shape index (κ1) is 12.4. The number of aromatic nitrogens is 2. The number of carboxylic acids is 1. The molecular weight excluding hydrogens is 258 g/mol. The van der Waals surface area contributed by atoms with Crippen LogP contribution in [0, 0.1) is 0 Å². The summed E-state index contributed by atoms with van der Waals surface area (Å²) in [5.41, 5.74) is 6.66. The van der Waals surface area contributed by atoms with Crippen LogP contribution >= 0.6 is 0 Å². The lowest BCUT2D eigenvalue weighted by atomic mass is 9.96. The molecule has 1 atom stereocenters. The summed E-state index contributed by atoms with van der Waals surface area (Å²) < 4.78 is 5.67. The van der Waals surface area contributed by atoms with Gasteiger partial charge in [-0.25, -0.2) is 14.8 Å². The van der Waals surface area contributed by atoms with Gasteiger partial charge in [0.15, 0.2) is 0 Å². The average Bonchev–Trinajstić information content (AvgIpc) is 2.46. The van der Waals surface area contributed by atoms with Gasteiger partial charge in [0.1, 0.15) is 23.0 Å². The Balaban J connectivity index is 1.88. The summed E-state index contributed by atoms with van der Waals surface area (Å²) in [6.07, 6.45) is 2.00. The molecule has 3 rings (SSSR count). The summed E-state index contributed by atoms with van der Waals surface area (Å²) in [4.78, 5) is 19.1. The van der Waals surface area contributed by atoms with Crippen molar-refractivity contribution in [3.05, 3.63) is 47.4 Å². The monoisotopic (exact) mass is 271 g/mol. The molecule has 3 N–H and O–H groups in total. The molecule has 102 valence electrons. The Kier molecular flexibility index (Phi) is 2.98. The fourth-order valence-electron chi connectivity index (χ4n) is 2.26. The number of hydrogen-bond acceptors (Lipinski definition) is 5. The van der Waals surface area contributed by atoms with Crippen LogP contribution in [0.5, 0.6) is 5.75 Å². The normalized spacial score (nSPS) is 17.1. The number of fused-ring (bicyclic) bond motifs is 1. The van der Waals surface area contributed by atoms with E-state index >= 15 is 0 Å². The SMILES string of the molecule is Nc1nc(C2COc3ccccc3C2)ncc1C(=O)O. The van der Waals surface area contributed by atoms with Gasteiger partial charge >= 0.3 is 5.97 Å². The van der Waals surface area contributed by atoms with E-state index in [1.165, 1.54) is 6.20 Å². The molecule has 0 spiro atoms. The molecule has 0 amide bonds. The number of anilines is 1. The summed E-state index contributed by atoms with van der Waals surface area (Å²) in [5.74, 6) is 0.233. The van der Waals surface area contributed by atoms with Crippen molar-refractivity contribution in [1.82, 2.24) is 9.97 Å². The van der Waals surface area contributed by atoms with Crippen molar-refractivity contribution in [2.45, 2.75) is 12.3 Å². The molecule has 0 bridgehead atoms. The lowest BCUT2D eigenvalue weighted by Crippen LogP contribution is -2.22. The topological polar surface area (TPSA) is 98.3 Å². The summed E-state index contributed by atoms with van der Waals surface area (Å²) >= 11 is 0. The van der Waals surface area contributed by atoms with Gasteiger partial charge in [0, 0.05) is 6.20 Å². The first-order valence-corrected chi connectivity index (χ1v) is 6.21. The minimum atomic E-state index is -1.13. The molecule has 0 saturated heterocycles. The first-order chi connectivity index (χ1) is 9.65. The largest absolute Gasteiger partial charge is 0.493 e. The van der Waals surface area contributed by atoms with Crippen LogP contribution in [0.15, 0.2) is 30.5 Å². The lowest BCUT2D eigenvalue weighted by Gasteiger charge is -2.24. The van der Waals surface area contributed by atoms with Gasteiger partial charge in [-0.15, -0.1) is 0 Å². The van der Waals surface area contributed by atoms with Crippen LogP contribution in [-0.2, 0) is 6.42 Å². The van der Waals surface area contributed by atoms with Crippen LogP contribution in [0.3, 0.4) is 0 Å². The molecule has 1 aliphatic rings. The maximum atomic E-state index is 10.9. The number of nitrogens with zero attached hydrogens (tertiary/aromatic N) is 2. The van der Waals surface area contributed by atoms with E-state index in [1.54, 1.807) is 0 Å². The highest BCUT2D eigenvalue weighted by Gasteiger charge is 2.24. The number of carboxylic acid groups (broad SMARTS) is 1. The van der Waals surface area contributed by atoms with E-state index in [1.807, 2.05) is 24.3 Å². The zero-order valence-corrected chi connectivity index (χ0v) is 10.6. The molecule has 2 heterocycles. The van der Waals surface area contributed by atoms with E-state index in [0.717, 1.165) is 17.7 Å². The van der Waals surface area contributed by atoms with Gasteiger partial charge in [0.05, 0.1) is 12.5 Å². The molecule has 20 heavy (non-hydrogen) atoms. The summed E-state index contributed by atoms with van der Waals surface area (Å²) in [6, 6.07) is 7.80. The van der Waals surface area contributed by atoms with Gasteiger partial charge in [0.25, 0.3) is 0 Å². The van der Waals surface area contributed by atoms with Gasteiger partial charge in [0.2, 0.25) is 0 Å². The summed E-state index contributed by atoms with van der Waals surface area (Å²) in [6.45, 7) is 0.461. The fraction of sp³-hybridized carbons (Fsp3) is 0.214. The van der Waals surface area contributed by atoms with E-state index in [0.29, 0.717) is 12.4 Å². The molecule has 1 unspecified atom stereocenters. The lowest BCUT2D eigenvalue weighted by molar-refractivity contribution is 0.0697. The van der Waals surface area contributed by atoms with E-state index in [9.17, 15) is 4.79 Å². The average molecular weight is 271 g/mol. The second-order valence-corrected chi connectivity index (χ2v) is 4.65. The van der Waals surface area contributed by atoms with Gasteiger partial charge in [-0.2, -0.15) is 0 Å². The molecule has 0 aliphatic carbocycles. The number of nitrogens with two attached hydrogens (primary N) is 1. The molecule has 6 nitrogen and oxygen atoms in total. The van der Waals surface area contributed by atoms with Crippen molar-refractivity contribution in [2.24, 2.45) is 0 Å². The third-order valence-corrected chi connectivity index (χ3v) is 3.31. The zero-order valence-electron chi connectivity index (χ0n) is 10.6. The van der Waals surface area contributed by atoms with Crippen LogP contribution < -0.4 is 10.5 Å². The van der Waals surface area contributed by atoms with Crippen LogP contribution in [0.2, 0.25) is 0 Å². The predicted molar refractivity (Wildman–Crippen MR) is 71.8 cm³/mol. The van der Waals surface area contributed by atoms with E-state index < -0.39 is 5.97 Å². The van der Waals surface area contributed by atoms with Crippen LogP contribution in [0.25, 0.3) is 0 Å². The van der Waals surface area contributed by atoms with Crippen molar-refractivity contribution in [1.29, 1.82) is 0 Å². The smallest absolute Gasteiger partial charge is 0.341 e. The number of aromatic carboxylic acids is 1. The van der Waals surface area contributed by atoms with Crippen LogP contribution in [0.4, 0.5) is 5.82 Å².